The van der Waals surface area contributed by atoms with Crippen LogP contribution in [0.1, 0.15) is 11.3 Å². The maximum atomic E-state index is 13.0. The molecule has 0 saturated carbocycles. The van der Waals surface area contributed by atoms with Crippen LogP contribution in [-0.2, 0) is 17.7 Å². The Morgan fingerprint density at radius 3 is 2.85 bits per heavy atom. The quantitative estimate of drug-likeness (QED) is 0.803. The number of aromatic nitrogens is 1. The number of methoxy groups -OCH3 is 1. The zero-order valence-electron chi connectivity index (χ0n) is 10.9. The van der Waals surface area contributed by atoms with E-state index in [9.17, 15) is 9.18 Å². The maximum Gasteiger partial charge on any atom is 0.409 e. The Morgan fingerprint density at radius 2 is 2.15 bits per heavy atom. The largest absolute Gasteiger partial charge is 0.453 e. The second-order valence-electron chi connectivity index (χ2n) is 4.59. The average Bonchev–Trinajstić information content (AvgIpc) is 2.90. The molecule has 0 N–H and O–H groups in total. The molecule has 0 saturated heterocycles. The standard InChI is InChI=1S/C14H13FN2O3/c1-19-14(18)17-7-6-12-11(8-17)13(20-16-12)9-2-4-10(15)5-3-9/h2-5H,6-8H2,1H3. The number of amides is 1. The predicted molar refractivity (Wildman–Crippen MR) is 68.4 cm³/mol. The molecule has 2 heterocycles. The minimum absolute atomic E-state index is 0.307. The van der Waals surface area contributed by atoms with Crippen molar-refractivity contribution in [3.63, 3.8) is 0 Å². The second-order valence-corrected chi connectivity index (χ2v) is 4.59. The van der Waals surface area contributed by atoms with Crippen LogP contribution in [0.25, 0.3) is 11.3 Å². The molecule has 0 aliphatic carbocycles. The van der Waals surface area contributed by atoms with Crippen molar-refractivity contribution in [2.75, 3.05) is 13.7 Å². The fourth-order valence-corrected chi connectivity index (χ4v) is 2.33. The van der Waals surface area contributed by atoms with Gasteiger partial charge in [0.2, 0.25) is 0 Å². The van der Waals surface area contributed by atoms with Crippen LogP contribution in [0.15, 0.2) is 28.8 Å². The SMILES string of the molecule is COC(=O)N1CCc2noc(-c3ccc(F)cc3)c2C1. The topological polar surface area (TPSA) is 55.6 Å². The Labute approximate surface area is 114 Å². The molecule has 0 bridgehead atoms. The number of carbonyl (C=O) groups is 1. The first-order chi connectivity index (χ1) is 9.69. The van der Waals surface area contributed by atoms with Crippen molar-refractivity contribution in [2.45, 2.75) is 13.0 Å². The highest BCUT2D eigenvalue weighted by Crippen LogP contribution is 2.30. The summed E-state index contributed by atoms with van der Waals surface area (Å²) in [5.41, 5.74) is 2.43. The van der Waals surface area contributed by atoms with Gasteiger partial charge in [-0.15, -0.1) is 0 Å². The van der Waals surface area contributed by atoms with Crippen molar-refractivity contribution in [3.05, 3.63) is 41.3 Å². The van der Waals surface area contributed by atoms with Crippen LogP contribution < -0.4 is 0 Å². The van der Waals surface area contributed by atoms with E-state index in [2.05, 4.69) is 5.16 Å². The summed E-state index contributed by atoms with van der Waals surface area (Å²) in [6, 6.07) is 6.00. The van der Waals surface area contributed by atoms with E-state index in [1.807, 2.05) is 0 Å². The van der Waals surface area contributed by atoms with Crippen molar-refractivity contribution < 1.29 is 18.4 Å². The Kier molecular flexibility index (Phi) is 3.14. The Balaban J connectivity index is 1.94. The lowest BCUT2D eigenvalue weighted by atomic mass is 10.0. The monoisotopic (exact) mass is 276 g/mol. The lowest BCUT2D eigenvalue weighted by Crippen LogP contribution is -2.35. The molecule has 104 valence electrons. The number of fused-ring (bicyclic) bond motifs is 1. The van der Waals surface area contributed by atoms with E-state index in [0.717, 1.165) is 16.8 Å². The van der Waals surface area contributed by atoms with Crippen LogP contribution in [0.4, 0.5) is 9.18 Å². The van der Waals surface area contributed by atoms with Crippen molar-refractivity contribution in [2.24, 2.45) is 0 Å². The van der Waals surface area contributed by atoms with Gasteiger partial charge in [-0.05, 0) is 24.3 Å². The second kappa shape index (κ2) is 4.96. The minimum atomic E-state index is -0.373. The van der Waals surface area contributed by atoms with Gasteiger partial charge in [-0.2, -0.15) is 0 Å². The first-order valence-corrected chi connectivity index (χ1v) is 6.25. The first-order valence-electron chi connectivity index (χ1n) is 6.25. The zero-order valence-corrected chi connectivity index (χ0v) is 10.9. The number of benzene rings is 1. The summed E-state index contributed by atoms with van der Waals surface area (Å²) in [6.07, 6.45) is 0.247. The van der Waals surface area contributed by atoms with Gasteiger partial charge in [0.15, 0.2) is 5.76 Å². The molecule has 0 atom stereocenters. The number of nitrogens with zero attached hydrogens (tertiary/aromatic N) is 2. The summed E-state index contributed by atoms with van der Waals surface area (Å²) in [4.78, 5) is 13.2. The molecule has 0 fully saturated rings. The van der Waals surface area contributed by atoms with Crippen LogP contribution in [0, 0.1) is 5.82 Å². The number of carbonyl (C=O) groups excluding carboxylic acids is 1. The predicted octanol–water partition coefficient (Wildman–Crippen LogP) is 2.61. The fourth-order valence-electron chi connectivity index (χ4n) is 2.33. The summed E-state index contributed by atoms with van der Waals surface area (Å²) >= 11 is 0. The van der Waals surface area contributed by atoms with Crippen molar-refractivity contribution in [1.82, 2.24) is 10.1 Å². The van der Waals surface area contributed by atoms with Crippen LogP contribution in [0.3, 0.4) is 0 Å². The normalized spacial score (nSPS) is 14.0. The Bertz CT molecular complexity index is 636. The Morgan fingerprint density at radius 1 is 1.40 bits per heavy atom. The molecule has 1 aromatic carbocycles. The van der Waals surface area contributed by atoms with Gasteiger partial charge < -0.3 is 14.2 Å². The molecule has 0 radical (unpaired) electrons. The zero-order chi connectivity index (χ0) is 14.1. The van der Waals surface area contributed by atoms with Crippen LogP contribution >= 0.6 is 0 Å². The van der Waals surface area contributed by atoms with Crippen LogP contribution in [0.5, 0.6) is 0 Å². The van der Waals surface area contributed by atoms with E-state index in [-0.39, 0.29) is 11.9 Å². The number of halogens is 1. The van der Waals surface area contributed by atoms with Gasteiger partial charge in [-0.3, -0.25) is 0 Å². The molecule has 1 aliphatic rings. The van der Waals surface area contributed by atoms with E-state index < -0.39 is 0 Å². The third-order valence-electron chi connectivity index (χ3n) is 3.38. The fraction of sp³-hybridized carbons (Fsp3) is 0.286. The number of hydrogen-bond donors (Lipinski definition) is 0. The third-order valence-corrected chi connectivity index (χ3v) is 3.38. The van der Waals surface area contributed by atoms with E-state index in [4.69, 9.17) is 9.26 Å². The summed E-state index contributed by atoms with van der Waals surface area (Å²) in [6.45, 7) is 0.938. The molecular weight excluding hydrogens is 263 g/mol. The van der Waals surface area contributed by atoms with Crippen molar-refractivity contribution in [1.29, 1.82) is 0 Å². The lowest BCUT2D eigenvalue weighted by Gasteiger charge is -2.24. The van der Waals surface area contributed by atoms with Gasteiger partial charge in [0.05, 0.1) is 19.3 Å². The van der Waals surface area contributed by atoms with Gasteiger partial charge in [-0.1, -0.05) is 5.16 Å². The van der Waals surface area contributed by atoms with E-state index >= 15 is 0 Å². The average molecular weight is 276 g/mol. The number of ether oxygens (including phenoxy) is 1. The molecule has 20 heavy (non-hydrogen) atoms. The molecular formula is C14H13FN2O3. The summed E-state index contributed by atoms with van der Waals surface area (Å²) in [5, 5.41) is 4.03. The van der Waals surface area contributed by atoms with Gasteiger partial charge >= 0.3 is 6.09 Å². The molecule has 1 aromatic heterocycles. The molecule has 0 unspecified atom stereocenters. The highest BCUT2D eigenvalue weighted by atomic mass is 19.1. The van der Waals surface area contributed by atoms with Crippen molar-refractivity contribution >= 4 is 6.09 Å². The third kappa shape index (κ3) is 2.13. The molecule has 1 aliphatic heterocycles. The number of hydrogen-bond acceptors (Lipinski definition) is 4. The van der Waals surface area contributed by atoms with Gasteiger partial charge in [0.25, 0.3) is 0 Å². The highest BCUT2D eigenvalue weighted by molar-refractivity contribution is 5.69. The molecule has 6 heteroatoms. The molecule has 5 nitrogen and oxygen atoms in total. The van der Waals surface area contributed by atoms with E-state index in [1.165, 1.54) is 19.2 Å². The smallest absolute Gasteiger partial charge is 0.409 e. The minimum Gasteiger partial charge on any atom is -0.453 e. The first kappa shape index (κ1) is 12.7. The van der Waals surface area contributed by atoms with Crippen molar-refractivity contribution in [3.8, 4) is 11.3 Å². The summed E-state index contributed by atoms with van der Waals surface area (Å²) < 4.78 is 23.0. The van der Waals surface area contributed by atoms with E-state index in [0.29, 0.717) is 25.3 Å². The Hall–Kier alpha value is -2.37. The van der Waals surface area contributed by atoms with Gasteiger partial charge in [0.1, 0.15) is 5.82 Å². The molecule has 0 spiro atoms. The summed E-state index contributed by atoms with van der Waals surface area (Å²) in [7, 11) is 1.35. The molecule has 1 amide bonds. The number of rotatable bonds is 1. The van der Waals surface area contributed by atoms with Crippen LogP contribution in [0.2, 0.25) is 0 Å². The summed E-state index contributed by atoms with van der Waals surface area (Å²) in [5.74, 6) is 0.270. The highest BCUT2D eigenvalue weighted by Gasteiger charge is 2.27. The molecule has 2 aromatic rings. The lowest BCUT2D eigenvalue weighted by molar-refractivity contribution is 0.118. The van der Waals surface area contributed by atoms with E-state index in [1.54, 1.807) is 17.0 Å². The van der Waals surface area contributed by atoms with Crippen LogP contribution in [-0.4, -0.2) is 29.8 Å². The van der Waals surface area contributed by atoms with Gasteiger partial charge in [0, 0.05) is 24.1 Å². The molecule has 3 rings (SSSR count). The maximum absolute atomic E-state index is 13.0. The van der Waals surface area contributed by atoms with Gasteiger partial charge in [-0.25, -0.2) is 9.18 Å².